The first-order valence-electron chi connectivity index (χ1n) is 6.40. The predicted molar refractivity (Wildman–Crippen MR) is 76.0 cm³/mol. The van der Waals surface area contributed by atoms with Gasteiger partial charge in [0.1, 0.15) is 5.82 Å². The molecule has 4 nitrogen and oxygen atoms in total. The van der Waals surface area contributed by atoms with Crippen LogP contribution in [0.1, 0.15) is 16.8 Å². The molecule has 5 heteroatoms. The summed E-state index contributed by atoms with van der Waals surface area (Å²) in [5.41, 5.74) is 6.23. The van der Waals surface area contributed by atoms with Gasteiger partial charge in [0.25, 0.3) is 5.91 Å². The highest BCUT2D eigenvalue weighted by Gasteiger charge is 2.19. The number of rotatable bonds is 5. The Morgan fingerprint density at radius 2 is 1.90 bits per heavy atom. The highest BCUT2D eigenvalue weighted by Crippen LogP contribution is 2.21. The molecule has 0 spiro atoms. The van der Waals surface area contributed by atoms with Gasteiger partial charge in [0.05, 0.1) is 5.69 Å². The van der Waals surface area contributed by atoms with Gasteiger partial charge in [-0.2, -0.15) is 0 Å². The van der Waals surface area contributed by atoms with Gasteiger partial charge >= 0.3 is 0 Å². The first-order chi connectivity index (χ1) is 9.74. The van der Waals surface area contributed by atoms with Crippen molar-refractivity contribution in [2.75, 3.05) is 18.0 Å². The Morgan fingerprint density at radius 1 is 1.20 bits per heavy atom. The molecule has 2 aromatic rings. The van der Waals surface area contributed by atoms with Gasteiger partial charge in [-0.15, -0.1) is 0 Å². The number of nitrogens with two attached hydrogens (primary N) is 1. The molecule has 20 heavy (non-hydrogen) atoms. The molecule has 2 N–H and O–H groups in total. The van der Waals surface area contributed by atoms with E-state index in [1.807, 2.05) is 0 Å². The fourth-order valence-corrected chi connectivity index (χ4v) is 1.90. The number of hydrogen-bond acceptors (Lipinski definition) is 3. The van der Waals surface area contributed by atoms with Gasteiger partial charge in [-0.05, 0) is 37.2 Å². The Bertz CT molecular complexity index is 574. The lowest BCUT2D eigenvalue weighted by Gasteiger charge is -2.23. The van der Waals surface area contributed by atoms with E-state index in [1.54, 1.807) is 30.3 Å². The molecule has 0 fully saturated rings. The van der Waals surface area contributed by atoms with Crippen molar-refractivity contribution in [1.29, 1.82) is 0 Å². The summed E-state index contributed by atoms with van der Waals surface area (Å²) in [6.45, 7) is 0.813. The number of para-hydroxylation sites is 1. The Kier molecular flexibility index (Phi) is 4.79. The third kappa shape index (κ3) is 3.19. The monoisotopic (exact) mass is 273 g/mol. The molecular formula is C15H16FN3O. The molecule has 1 heterocycles. The molecule has 0 atom stereocenters. The lowest BCUT2D eigenvalue weighted by atomic mass is 10.2. The van der Waals surface area contributed by atoms with Gasteiger partial charge in [0.2, 0.25) is 0 Å². The van der Waals surface area contributed by atoms with Crippen LogP contribution >= 0.6 is 0 Å². The minimum Gasteiger partial charge on any atom is -0.330 e. The first kappa shape index (κ1) is 14.1. The normalized spacial score (nSPS) is 10.3. The zero-order valence-electron chi connectivity index (χ0n) is 11.0. The average Bonchev–Trinajstić information content (AvgIpc) is 2.50. The fourth-order valence-electron chi connectivity index (χ4n) is 1.90. The number of halogens is 1. The average molecular weight is 273 g/mol. The fraction of sp³-hybridized carbons (Fsp3) is 0.200. The van der Waals surface area contributed by atoms with E-state index in [-0.39, 0.29) is 11.6 Å². The lowest BCUT2D eigenvalue weighted by molar-refractivity contribution is 0.0986. The summed E-state index contributed by atoms with van der Waals surface area (Å²) < 4.78 is 13.9. The molecule has 1 amide bonds. The van der Waals surface area contributed by atoms with Crippen LogP contribution in [0.2, 0.25) is 0 Å². The third-order valence-electron chi connectivity index (χ3n) is 2.90. The van der Waals surface area contributed by atoms with Crippen LogP contribution in [0.5, 0.6) is 0 Å². The zero-order valence-corrected chi connectivity index (χ0v) is 11.0. The van der Waals surface area contributed by atoms with E-state index in [0.29, 0.717) is 25.1 Å². The molecule has 0 unspecified atom stereocenters. The Hall–Kier alpha value is -2.27. The number of aromatic nitrogens is 1. The van der Waals surface area contributed by atoms with E-state index in [4.69, 9.17) is 5.73 Å². The van der Waals surface area contributed by atoms with E-state index in [0.717, 1.165) is 0 Å². The minimum absolute atomic E-state index is 0.258. The van der Waals surface area contributed by atoms with Crippen LogP contribution in [0, 0.1) is 5.82 Å². The second-order valence-electron chi connectivity index (χ2n) is 4.29. The van der Waals surface area contributed by atoms with Crippen LogP contribution in [0.25, 0.3) is 0 Å². The van der Waals surface area contributed by atoms with Gasteiger partial charge in [0, 0.05) is 24.5 Å². The van der Waals surface area contributed by atoms with Crippen molar-refractivity contribution in [2.45, 2.75) is 6.42 Å². The standard InChI is InChI=1S/C15H16FN3O/c16-13-4-1-2-5-14(13)19(11-3-8-17)15(20)12-6-9-18-10-7-12/h1-2,4-7,9-10H,3,8,11,17H2. The summed E-state index contributed by atoms with van der Waals surface area (Å²) >= 11 is 0. The van der Waals surface area contributed by atoms with Crippen LogP contribution in [-0.4, -0.2) is 24.0 Å². The summed E-state index contributed by atoms with van der Waals surface area (Å²) in [6.07, 6.45) is 3.68. The van der Waals surface area contributed by atoms with E-state index in [2.05, 4.69) is 4.98 Å². The minimum atomic E-state index is -0.424. The maximum Gasteiger partial charge on any atom is 0.258 e. The van der Waals surface area contributed by atoms with Crippen molar-refractivity contribution in [3.63, 3.8) is 0 Å². The molecular weight excluding hydrogens is 257 g/mol. The highest BCUT2D eigenvalue weighted by molar-refractivity contribution is 6.06. The number of anilines is 1. The van der Waals surface area contributed by atoms with Crippen molar-refractivity contribution in [3.05, 3.63) is 60.2 Å². The van der Waals surface area contributed by atoms with Gasteiger partial charge in [-0.3, -0.25) is 9.78 Å². The molecule has 1 aromatic carbocycles. The van der Waals surface area contributed by atoms with E-state index in [1.165, 1.54) is 23.4 Å². The number of carbonyl (C=O) groups excluding carboxylic acids is 1. The molecule has 0 bridgehead atoms. The second kappa shape index (κ2) is 6.77. The molecule has 0 aliphatic heterocycles. The maximum atomic E-state index is 13.9. The molecule has 2 rings (SSSR count). The summed E-state index contributed by atoms with van der Waals surface area (Å²) in [5, 5.41) is 0. The van der Waals surface area contributed by atoms with Crippen molar-refractivity contribution < 1.29 is 9.18 Å². The Morgan fingerprint density at radius 3 is 2.55 bits per heavy atom. The molecule has 0 saturated heterocycles. The number of amides is 1. The highest BCUT2D eigenvalue weighted by atomic mass is 19.1. The van der Waals surface area contributed by atoms with Gasteiger partial charge in [0.15, 0.2) is 0 Å². The van der Waals surface area contributed by atoms with Gasteiger partial charge in [-0.1, -0.05) is 12.1 Å². The Balaban J connectivity index is 2.33. The van der Waals surface area contributed by atoms with E-state index >= 15 is 0 Å². The van der Waals surface area contributed by atoms with Crippen LogP contribution in [-0.2, 0) is 0 Å². The van der Waals surface area contributed by atoms with Crippen molar-refractivity contribution >= 4 is 11.6 Å². The van der Waals surface area contributed by atoms with Crippen molar-refractivity contribution in [1.82, 2.24) is 4.98 Å². The first-order valence-corrected chi connectivity index (χ1v) is 6.40. The van der Waals surface area contributed by atoms with Crippen LogP contribution in [0.3, 0.4) is 0 Å². The molecule has 0 radical (unpaired) electrons. The number of benzene rings is 1. The van der Waals surface area contributed by atoms with Crippen LogP contribution in [0.15, 0.2) is 48.8 Å². The zero-order chi connectivity index (χ0) is 14.4. The quantitative estimate of drug-likeness (QED) is 0.908. The van der Waals surface area contributed by atoms with Crippen molar-refractivity contribution in [2.24, 2.45) is 5.73 Å². The topological polar surface area (TPSA) is 59.2 Å². The summed E-state index contributed by atoms with van der Waals surface area (Å²) in [5.74, 6) is -0.683. The maximum absolute atomic E-state index is 13.9. The number of pyridine rings is 1. The molecule has 1 aromatic heterocycles. The van der Waals surface area contributed by atoms with Gasteiger partial charge in [-0.25, -0.2) is 4.39 Å². The molecule has 0 aliphatic carbocycles. The van der Waals surface area contributed by atoms with E-state index < -0.39 is 5.82 Å². The Labute approximate surface area is 117 Å². The number of hydrogen-bond donors (Lipinski definition) is 1. The third-order valence-corrected chi connectivity index (χ3v) is 2.90. The number of carbonyl (C=O) groups is 1. The SMILES string of the molecule is NCCCN(C(=O)c1ccncc1)c1ccccc1F. The molecule has 0 saturated carbocycles. The predicted octanol–water partition coefficient (Wildman–Crippen LogP) is 2.22. The lowest BCUT2D eigenvalue weighted by Crippen LogP contribution is -2.33. The van der Waals surface area contributed by atoms with Crippen LogP contribution < -0.4 is 10.6 Å². The summed E-state index contributed by atoms with van der Waals surface area (Å²) in [7, 11) is 0. The summed E-state index contributed by atoms with van der Waals surface area (Å²) in [4.78, 5) is 17.8. The molecule has 104 valence electrons. The van der Waals surface area contributed by atoms with E-state index in [9.17, 15) is 9.18 Å². The van der Waals surface area contributed by atoms with Gasteiger partial charge < -0.3 is 10.6 Å². The summed E-state index contributed by atoms with van der Waals surface area (Å²) in [6, 6.07) is 9.44. The van der Waals surface area contributed by atoms with Crippen LogP contribution in [0.4, 0.5) is 10.1 Å². The smallest absolute Gasteiger partial charge is 0.258 e. The molecule has 0 aliphatic rings. The number of nitrogens with zero attached hydrogens (tertiary/aromatic N) is 2. The van der Waals surface area contributed by atoms with Crippen molar-refractivity contribution in [3.8, 4) is 0 Å². The largest absolute Gasteiger partial charge is 0.330 e. The second-order valence-corrected chi connectivity index (χ2v) is 4.29.